The van der Waals surface area contributed by atoms with Gasteiger partial charge in [-0.2, -0.15) is 0 Å². The predicted molar refractivity (Wildman–Crippen MR) is 127 cm³/mol. The van der Waals surface area contributed by atoms with E-state index in [0.29, 0.717) is 11.3 Å². The number of aryl methyl sites for hydroxylation is 2. The Balaban J connectivity index is 1.70. The zero-order chi connectivity index (χ0) is 22.4. The fourth-order valence-corrected chi connectivity index (χ4v) is 4.96. The SMILES string of the molecule is Cc1ccc(N(Cc2ccc(C(=O)NC3CCCCCCC3)cc2)S(C)(=O)=O)cc1C. The second-order valence-electron chi connectivity index (χ2n) is 8.75. The van der Waals surface area contributed by atoms with Crippen LogP contribution >= 0.6 is 0 Å². The fourth-order valence-electron chi connectivity index (χ4n) is 4.08. The first-order valence-corrected chi connectivity index (χ1v) is 13.0. The Morgan fingerprint density at radius 3 is 2.13 bits per heavy atom. The molecule has 5 nitrogen and oxygen atoms in total. The largest absolute Gasteiger partial charge is 0.349 e. The van der Waals surface area contributed by atoms with Crippen molar-refractivity contribution >= 4 is 21.6 Å². The summed E-state index contributed by atoms with van der Waals surface area (Å²) in [6.07, 6.45) is 9.45. The Kier molecular flexibility index (Phi) is 7.76. The van der Waals surface area contributed by atoms with Crippen molar-refractivity contribution in [2.24, 2.45) is 0 Å². The summed E-state index contributed by atoms with van der Waals surface area (Å²) < 4.78 is 26.3. The van der Waals surface area contributed by atoms with Crippen molar-refractivity contribution in [2.75, 3.05) is 10.6 Å². The molecule has 3 rings (SSSR count). The van der Waals surface area contributed by atoms with Crippen LogP contribution in [0.5, 0.6) is 0 Å². The van der Waals surface area contributed by atoms with Gasteiger partial charge in [0.2, 0.25) is 10.0 Å². The third-order valence-electron chi connectivity index (χ3n) is 6.16. The van der Waals surface area contributed by atoms with Gasteiger partial charge in [0, 0.05) is 11.6 Å². The second-order valence-corrected chi connectivity index (χ2v) is 10.7. The molecule has 0 spiro atoms. The van der Waals surface area contributed by atoms with Gasteiger partial charge in [-0.3, -0.25) is 9.10 Å². The van der Waals surface area contributed by atoms with Gasteiger partial charge in [-0.05, 0) is 67.6 Å². The minimum atomic E-state index is -3.44. The lowest BCUT2D eigenvalue weighted by Gasteiger charge is -2.23. The lowest BCUT2D eigenvalue weighted by Crippen LogP contribution is -2.35. The standard InChI is InChI=1S/C25H34N2O3S/c1-19-11-16-24(17-20(19)2)27(31(3,29)30)18-21-12-14-22(15-13-21)25(28)26-23-9-7-5-4-6-8-10-23/h11-17,23H,4-10,18H2,1-3H3,(H,26,28). The van der Waals surface area contributed by atoms with Gasteiger partial charge in [-0.15, -0.1) is 0 Å². The number of carbonyl (C=O) groups is 1. The number of hydrogen-bond acceptors (Lipinski definition) is 3. The van der Waals surface area contributed by atoms with Crippen LogP contribution in [-0.2, 0) is 16.6 Å². The van der Waals surface area contributed by atoms with Crippen molar-refractivity contribution in [3.8, 4) is 0 Å². The zero-order valence-corrected chi connectivity index (χ0v) is 19.7. The van der Waals surface area contributed by atoms with Crippen LogP contribution in [0.15, 0.2) is 42.5 Å². The highest BCUT2D eigenvalue weighted by atomic mass is 32.2. The Hall–Kier alpha value is -2.34. The number of nitrogens with one attached hydrogen (secondary N) is 1. The number of anilines is 1. The van der Waals surface area contributed by atoms with Crippen LogP contribution in [0.2, 0.25) is 0 Å². The molecule has 0 unspecified atom stereocenters. The van der Waals surface area contributed by atoms with Gasteiger partial charge in [0.05, 0.1) is 18.5 Å². The van der Waals surface area contributed by atoms with E-state index in [1.165, 1.54) is 42.7 Å². The summed E-state index contributed by atoms with van der Waals surface area (Å²) in [6.45, 7) is 4.21. The second kappa shape index (κ2) is 10.3. The predicted octanol–water partition coefficient (Wildman–Crippen LogP) is 5.11. The van der Waals surface area contributed by atoms with Gasteiger partial charge in [-0.25, -0.2) is 8.42 Å². The number of sulfonamides is 1. The Morgan fingerprint density at radius 2 is 1.55 bits per heavy atom. The van der Waals surface area contributed by atoms with Crippen molar-refractivity contribution in [1.29, 1.82) is 0 Å². The van der Waals surface area contributed by atoms with Gasteiger partial charge < -0.3 is 5.32 Å². The first kappa shape index (κ1) is 23.3. The molecule has 2 aromatic rings. The molecule has 1 amide bonds. The van der Waals surface area contributed by atoms with E-state index in [9.17, 15) is 13.2 Å². The van der Waals surface area contributed by atoms with E-state index < -0.39 is 10.0 Å². The van der Waals surface area contributed by atoms with Crippen molar-refractivity contribution < 1.29 is 13.2 Å². The molecule has 0 heterocycles. The maximum Gasteiger partial charge on any atom is 0.251 e. The molecule has 1 N–H and O–H groups in total. The van der Waals surface area contributed by atoms with Gasteiger partial charge in [0.1, 0.15) is 0 Å². The highest BCUT2D eigenvalue weighted by Crippen LogP contribution is 2.24. The highest BCUT2D eigenvalue weighted by Gasteiger charge is 2.19. The molecule has 0 saturated heterocycles. The molecule has 6 heteroatoms. The quantitative estimate of drug-likeness (QED) is 0.676. The topological polar surface area (TPSA) is 66.5 Å². The van der Waals surface area contributed by atoms with Crippen molar-refractivity contribution in [3.05, 3.63) is 64.7 Å². The van der Waals surface area contributed by atoms with E-state index in [2.05, 4.69) is 5.32 Å². The number of rotatable bonds is 6. The number of carbonyl (C=O) groups excluding carboxylic acids is 1. The lowest BCUT2D eigenvalue weighted by atomic mass is 9.96. The van der Waals surface area contributed by atoms with Gasteiger partial charge >= 0.3 is 0 Å². The summed E-state index contributed by atoms with van der Waals surface area (Å²) in [5.41, 5.74) is 4.27. The lowest BCUT2D eigenvalue weighted by molar-refractivity contribution is 0.0930. The third kappa shape index (κ3) is 6.57. The van der Waals surface area contributed by atoms with Crippen LogP contribution in [-0.4, -0.2) is 26.6 Å². The number of amides is 1. The van der Waals surface area contributed by atoms with Crippen LogP contribution in [0, 0.1) is 13.8 Å². The smallest absolute Gasteiger partial charge is 0.251 e. The van der Waals surface area contributed by atoms with Crippen LogP contribution in [0.25, 0.3) is 0 Å². The number of hydrogen-bond donors (Lipinski definition) is 1. The molecule has 0 atom stereocenters. The summed E-state index contributed by atoms with van der Waals surface area (Å²) in [4.78, 5) is 12.7. The minimum Gasteiger partial charge on any atom is -0.349 e. The summed E-state index contributed by atoms with van der Waals surface area (Å²) in [5.74, 6) is -0.0498. The van der Waals surface area contributed by atoms with E-state index in [1.807, 2.05) is 44.2 Å². The molecule has 0 aromatic heterocycles. The van der Waals surface area contributed by atoms with E-state index in [-0.39, 0.29) is 18.5 Å². The van der Waals surface area contributed by atoms with Gasteiger partial charge in [0.25, 0.3) is 5.91 Å². The molecular weight excluding hydrogens is 408 g/mol. The molecule has 31 heavy (non-hydrogen) atoms. The fraction of sp³-hybridized carbons (Fsp3) is 0.480. The monoisotopic (exact) mass is 442 g/mol. The zero-order valence-electron chi connectivity index (χ0n) is 18.9. The Morgan fingerprint density at radius 1 is 0.935 bits per heavy atom. The van der Waals surface area contributed by atoms with E-state index in [4.69, 9.17) is 0 Å². The molecule has 1 saturated carbocycles. The molecule has 0 bridgehead atoms. The van der Waals surface area contributed by atoms with E-state index in [0.717, 1.165) is 29.5 Å². The maximum absolute atomic E-state index is 12.7. The van der Waals surface area contributed by atoms with Crippen molar-refractivity contribution in [2.45, 2.75) is 71.4 Å². The normalized spacial score (nSPS) is 15.7. The van der Waals surface area contributed by atoms with E-state index in [1.54, 1.807) is 12.1 Å². The molecule has 0 aliphatic heterocycles. The van der Waals surface area contributed by atoms with Crippen LogP contribution in [0.1, 0.15) is 72.0 Å². The molecule has 1 aliphatic rings. The first-order valence-electron chi connectivity index (χ1n) is 11.2. The Labute approximate surface area is 186 Å². The molecule has 2 aromatic carbocycles. The highest BCUT2D eigenvalue weighted by molar-refractivity contribution is 7.92. The molecule has 1 fully saturated rings. The van der Waals surface area contributed by atoms with E-state index >= 15 is 0 Å². The average molecular weight is 443 g/mol. The maximum atomic E-state index is 12.7. The summed E-state index contributed by atoms with van der Waals surface area (Å²) in [5, 5.41) is 3.18. The third-order valence-corrected chi connectivity index (χ3v) is 7.30. The van der Waals surface area contributed by atoms with Crippen LogP contribution in [0.3, 0.4) is 0 Å². The van der Waals surface area contributed by atoms with Crippen LogP contribution in [0.4, 0.5) is 5.69 Å². The molecular formula is C25H34N2O3S. The van der Waals surface area contributed by atoms with Crippen LogP contribution < -0.4 is 9.62 Å². The first-order chi connectivity index (χ1) is 14.7. The van der Waals surface area contributed by atoms with Crippen molar-refractivity contribution in [1.82, 2.24) is 5.32 Å². The molecule has 1 aliphatic carbocycles. The number of benzene rings is 2. The van der Waals surface area contributed by atoms with Gasteiger partial charge in [-0.1, -0.05) is 50.3 Å². The van der Waals surface area contributed by atoms with Crippen molar-refractivity contribution in [3.63, 3.8) is 0 Å². The summed E-state index contributed by atoms with van der Waals surface area (Å²) >= 11 is 0. The summed E-state index contributed by atoms with van der Waals surface area (Å²) in [6, 6.07) is 13.2. The summed E-state index contributed by atoms with van der Waals surface area (Å²) in [7, 11) is -3.44. The molecule has 0 radical (unpaired) electrons. The minimum absolute atomic E-state index is 0.0498. The Bertz CT molecular complexity index is 992. The number of nitrogens with zero attached hydrogens (tertiary/aromatic N) is 1. The average Bonchev–Trinajstić information content (AvgIpc) is 2.70. The molecule has 168 valence electrons. The van der Waals surface area contributed by atoms with Gasteiger partial charge in [0.15, 0.2) is 0 Å².